The summed E-state index contributed by atoms with van der Waals surface area (Å²) < 4.78 is 0. The molecule has 0 aliphatic carbocycles. The smallest absolute Gasteiger partial charge is 0.150 e. The van der Waals surface area contributed by atoms with Crippen molar-refractivity contribution in [2.45, 2.75) is 67.2 Å². The zero-order valence-electron chi connectivity index (χ0n) is 17.9. The third-order valence-electron chi connectivity index (χ3n) is 4.29. The second kappa shape index (κ2) is 14.4. The summed E-state index contributed by atoms with van der Waals surface area (Å²) in [5.41, 5.74) is 5.67. The third kappa shape index (κ3) is 7.41. The molecule has 2 aromatic rings. The lowest BCUT2D eigenvalue weighted by atomic mass is 10.0. The minimum atomic E-state index is 0.720. The van der Waals surface area contributed by atoms with E-state index in [9.17, 15) is 9.59 Å². The van der Waals surface area contributed by atoms with E-state index in [2.05, 4.69) is 0 Å². The van der Waals surface area contributed by atoms with E-state index in [0.717, 1.165) is 81.7 Å². The monoisotopic (exact) mass is 422 g/mol. The van der Waals surface area contributed by atoms with Crippen molar-refractivity contribution in [3.05, 3.63) is 67.7 Å². The van der Waals surface area contributed by atoms with Crippen LogP contribution in [0.25, 0.3) is 0 Å². The number of aldehydes is 2. The van der Waals surface area contributed by atoms with Crippen LogP contribution in [0.5, 0.6) is 0 Å². The normalized spacial score (nSPS) is 9.57. The Labute approximate surface area is 180 Å². The Balaban J connectivity index is 0.000000478. The largest absolute Gasteiger partial charge is 0.298 e. The first-order chi connectivity index (χ1) is 13.4. The second-order valence-electron chi connectivity index (χ2n) is 5.96. The van der Waals surface area contributed by atoms with Gasteiger partial charge in [0.15, 0.2) is 0 Å². The molecule has 0 atom stereocenters. The number of rotatable bonds is 6. The average molecular weight is 423 g/mol. The lowest BCUT2D eigenvalue weighted by Crippen LogP contribution is -1.93. The fourth-order valence-electron chi connectivity index (χ4n) is 2.72. The van der Waals surface area contributed by atoms with Crippen LogP contribution < -0.4 is 0 Å². The van der Waals surface area contributed by atoms with Gasteiger partial charge in [0.25, 0.3) is 0 Å². The predicted octanol–water partition coefficient (Wildman–Crippen LogP) is 7.58. The first-order valence-corrected chi connectivity index (χ1v) is 10.7. The summed E-state index contributed by atoms with van der Waals surface area (Å²) >= 11 is 12.2. The van der Waals surface area contributed by atoms with Crippen molar-refractivity contribution in [2.24, 2.45) is 0 Å². The van der Waals surface area contributed by atoms with Gasteiger partial charge in [-0.3, -0.25) is 9.59 Å². The van der Waals surface area contributed by atoms with E-state index >= 15 is 0 Å². The molecule has 28 heavy (non-hydrogen) atoms. The van der Waals surface area contributed by atoms with Gasteiger partial charge >= 0.3 is 0 Å². The van der Waals surface area contributed by atoms with Gasteiger partial charge in [-0.15, -0.1) is 0 Å². The average Bonchev–Trinajstić information content (AvgIpc) is 2.75. The Morgan fingerprint density at radius 3 is 0.964 bits per heavy atom. The topological polar surface area (TPSA) is 34.1 Å². The van der Waals surface area contributed by atoms with Crippen LogP contribution in [0.2, 0.25) is 10.0 Å². The molecule has 0 saturated heterocycles. The summed E-state index contributed by atoms with van der Waals surface area (Å²) in [5, 5.41) is 1.63. The first-order valence-electron chi connectivity index (χ1n) is 9.98. The van der Waals surface area contributed by atoms with Crippen molar-refractivity contribution in [3.63, 3.8) is 0 Å². The standard InChI is InChI=1S/2C11H13ClO.C2H6/c2*1-3-9-5-8(7-13)6-10(4-2)11(9)12;1-2/h2*5-7H,3-4H2,1-2H3;1-2H3. The number of benzene rings is 2. The van der Waals surface area contributed by atoms with E-state index in [4.69, 9.17) is 23.2 Å². The van der Waals surface area contributed by atoms with Crippen LogP contribution in [-0.2, 0) is 25.7 Å². The van der Waals surface area contributed by atoms with Gasteiger partial charge in [0.1, 0.15) is 12.6 Å². The third-order valence-corrected chi connectivity index (χ3v) is 5.26. The van der Waals surface area contributed by atoms with Crippen LogP contribution in [0.15, 0.2) is 24.3 Å². The Morgan fingerprint density at radius 1 is 0.607 bits per heavy atom. The van der Waals surface area contributed by atoms with E-state index in [-0.39, 0.29) is 0 Å². The fraction of sp³-hybridized carbons (Fsp3) is 0.417. The van der Waals surface area contributed by atoms with E-state index in [1.54, 1.807) is 0 Å². The van der Waals surface area contributed by atoms with E-state index < -0.39 is 0 Å². The summed E-state index contributed by atoms with van der Waals surface area (Å²) in [6.07, 6.45) is 5.21. The van der Waals surface area contributed by atoms with Crippen molar-refractivity contribution in [1.29, 1.82) is 0 Å². The first kappa shape index (κ1) is 26.4. The van der Waals surface area contributed by atoms with Gasteiger partial charge in [0, 0.05) is 21.2 Å². The number of carbonyl (C=O) groups excluding carboxylic acids is 2. The summed E-state index contributed by atoms with van der Waals surface area (Å²) in [5.74, 6) is 0. The van der Waals surface area contributed by atoms with Gasteiger partial charge in [-0.05, 0) is 72.2 Å². The molecule has 0 aromatic heterocycles. The summed E-state index contributed by atoms with van der Waals surface area (Å²) in [6, 6.07) is 7.42. The van der Waals surface area contributed by atoms with Crippen LogP contribution >= 0.6 is 23.2 Å². The Morgan fingerprint density at radius 2 is 0.821 bits per heavy atom. The lowest BCUT2D eigenvalue weighted by molar-refractivity contribution is 0.111. The van der Waals surface area contributed by atoms with Gasteiger partial charge in [-0.1, -0.05) is 64.7 Å². The number of hydrogen-bond donors (Lipinski definition) is 0. The highest BCUT2D eigenvalue weighted by Gasteiger charge is 2.06. The van der Waals surface area contributed by atoms with Crippen LogP contribution in [0, 0.1) is 0 Å². The molecule has 0 fully saturated rings. The van der Waals surface area contributed by atoms with E-state index in [0.29, 0.717) is 0 Å². The number of hydrogen-bond acceptors (Lipinski definition) is 2. The van der Waals surface area contributed by atoms with Crippen molar-refractivity contribution in [2.75, 3.05) is 0 Å². The van der Waals surface area contributed by atoms with Gasteiger partial charge in [-0.2, -0.15) is 0 Å². The minimum Gasteiger partial charge on any atom is -0.298 e. The molecular formula is C24H32Cl2O2. The number of aryl methyl sites for hydroxylation is 4. The molecule has 154 valence electrons. The molecule has 0 heterocycles. The van der Waals surface area contributed by atoms with Gasteiger partial charge < -0.3 is 0 Å². The second-order valence-corrected chi connectivity index (χ2v) is 6.71. The molecule has 0 N–H and O–H groups in total. The van der Waals surface area contributed by atoms with Crippen molar-refractivity contribution < 1.29 is 9.59 Å². The van der Waals surface area contributed by atoms with Crippen LogP contribution in [-0.4, -0.2) is 12.6 Å². The summed E-state index contributed by atoms with van der Waals surface area (Å²) in [7, 11) is 0. The summed E-state index contributed by atoms with van der Waals surface area (Å²) in [6.45, 7) is 12.1. The van der Waals surface area contributed by atoms with Gasteiger partial charge in [0.05, 0.1) is 0 Å². The zero-order chi connectivity index (χ0) is 21.7. The van der Waals surface area contributed by atoms with Crippen molar-refractivity contribution in [1.82, 2.24) is 0 Å². The van der Waals surface area contributed by atoms with Crippen LogP contribution in [0.3, 0.4) is 0 Å². The molecule has 2 aromatic carbocycles. The SMILES string of the molecule is CC.CCc1cc(C=O)cc(CC)c1Cl.CCc1cc(C=O)cc(CC)c1Cl. The molecule has 0 saturated carbocycles. The van der Waals surface area contributed by atoms with Crippen LogP contribution in [0.1, 0.15) is 84.5 Å². The Bertz CT molecular complexity index is 652. The quantitative estimate of drug-likeness (QED) is 0.449. The molecule has 0 spiro atoms. The molecule has 0 unspecified atom stereocenters. The Hall–Kier alpha value is -1.64. The highest BCUT2D eigenvalue weighted by Crippen LogP contribution is 2.24. The van der Waals surface area contributed by atoms with Gasteiger partial charge in [0.2, 0.25) is 0 Å². The zero-order valence-corrected chi connectivity index (χ0v) is 19.4. The predicted molar refractivity (Wildman–Crippen MR) is 123 cm³/mol. The molecule has 0 aliphatic heterocycles. The molecule has 2 nitrogen and oxygen atoms in total. The van der Waals surface area contributed by atoms with E-state index in [1.165, 1.54) is 0 Å². The maximum Gasteiger partial charge on any atom is 0.150 e. The molecule has 0 radical (unpaired) electrons. The van der Waals surface area contributed by atoms with Crippen molar-refractivity contribution in [3.8, 4) is 0 Å². The fourth-order valence-corrected chi connectivity index (χ4v) is 3.47. The summed E-state index contributed by atoms with van der Waals surface area (Å²) in [4.78, 5) is 21.2. The number of halogens is 2. The van der Waals surface area contributed by atoms with Gasteiger partial charge in [-0.25, -0.2) is 0 Å². The molecule has 0 bridgehead atoms. The molecular weight excluding hydrogens is 391 g/mol. The highest BCUT2D eigenvalue weighted by atomic mass is 35.5. The van der Waals surface area contributed by atoms with Crippen molar-refractivity contribution >= 4 is 35.8 Å². The molecule has 0 amide bonds. The highest BCUT2D eigenvalue weighted by molar-refractivity contribution is 6.32. The maximum atomic E-state index is 10.6. The molecule has 2 rings (SSSR count). The Kier molecular flexibility index (Phi) is 13.5. The van der Waals surface area contributed by atoms with E-state index in [1.807, 2.05) is 65.8 Å². The maximum absolute atomic E-state index is 10.6. The minimum absolute atomic E-state index is 0.720. The lowest BCUT2D eigenvalue weighted by Gasteiger charge is -2.07. The molecule has 0 aliphatic rings. The van der Waals surface area contributed by atoms with Crippen LogP contribution in [0.4, 0.5) is 0 Å². The number of carbonyl (C=O) groups is 2. The molecule has 4 heteroatoms.